The standard InChI is InChI=1S/C11H11FOS/c12-11-9(4-1-2-7-14)5-3-6-10(11)8-13/h3,5-6,13-14H,2,7-8H2. The van der Waals surface area contributed by atoms with Crippen LogP contribution in [0.3, 0.4) is 0 Å². The second kappa shape index (κ2) is 5.69. The molecule has 14 heavy (non-hydrogen) atoms. The molecule has 0 atom stereocenters. The van der Waals surface area contributed by atoms with E-state index in [9.17, 15) is 4.39 Å². The Morgan fingerprint density at radius 2 is 2.21 bits per heavy atom. The second-order valence-corrected chi connectivity index (χ2v) is 3.16. The van der Waals surface area contributed by atoms with Crippen molar-refractivity contribution in [3.8, 4) is 11.8 Å². The van der Waals surface area contributed by atoms with E-state index in [4.69, 9.17) is 5.11 Å². The molecule has 1 rings (SSSR count). The molecule has 0 aliphatic carbocycles. The minimum Gasteiger partial charge on any atom is -0.392 e. The van der Waals surface area contributed by atoms with E-state index in [0.717, 1.165) is 0 Å². The van der Waals surface area contributed by atoms with Gasteiger partial charge in [-0.3, -0.25) is 0 Å². The van der Waals surface area contributed by atoms with E-state index in [0.29, 0.717) is 17.7 Å². The van der Waals surface area contributed by atoms with Gasteiger partial charge in [-0.05, 0) is 6.07 Å². The quantitative estimate of drug-likeness (QED) is 0.565. The summed E-state index contributed by atoms with van der Waals surface area (Å²) in [6.07, 6.45) is 0.631. The van der Waals surface area contributed by atoms with Crippen molar-refractivity contribution < 1.29 is 9.50 Å². The van der Waals surface area contributed by atoms with Gasteiger partial charge >= 0.3 is 0 Å². The lowest BCUT2D eigenvalue weighted by molar-refractivity contribution is 0.275. The predicted octanol–water partition coefficient (Wildman–Crippen LogP) is 1.99. The monoisotopic (exact) mass is 210 g/mol. The van der Waals surface area contributed by atoms with E-state index in [2.05, 4.69) is 24.5 Å². The minimum absolute atomic E-state index is 0.280. The fraction of sp³-hybridized carbons (Fsp3) is 0.273. The lowest BCUT2D eigenvalue weighted by Gasteiger charge is -1.99. The molecule has 0 aliphatic heterocycles. The molecule has 1 aromatic carbocycles. The predicted molar refractivity (Wildman–Crippen MR) is 57.7 cm³/mol. The van der Waals surface area contributed by atoms with Crippen LogP contribution in [0.4, 0.5) is 4.39 Å². The van der Waals surface area contributed by atoms with Gasteiger partial charge in [-0.1, -0.05) is 24.0 Å². The lowest BCUT2D eigenvalue weighted by Crippen LogP contribution is -1.92. The van der Waals surface area contributed by atoms with Crippen LogP contribution in [0.2, 0.25) is 0 Å². The van der Waals surface area contributed by atoms with Crippen LogP contribution >= 0.6 is 12.6 Å². The largest absolute Gasteiger partial charge is 0.392 e. The van der Waals surface area contributed by atoms with Gasteiger partial charge in [-0.2, -0.15) is 12.6 Å². The van der Waals surface area contributed by atoms with Crippen molar-refractivity contribution in [3.63, 3.8) is 0 Å². The molecular formula is C11H11FOS. The number of benzene rings is 1. The summed E-state index contributed by atoms with van der Waals surface area (Å²) in [6.45, 7) is -0.298. The maximum absolute atomic E-state index is 13.4. The summed E-state index contributed by atoms with van der Waals surface area (Å²) < 4.78 is 13.4. The first kappa shape index (κ1) is 11.1. The third-order valence-electron chi connectivity index (χ3n) is 1.71. The van der Waals surface area contributed by atoms with Crippen LogP contribution in [0.1, 0.15) is 17.5 Å². The SMILES string of the molecule is OCc1cccc(C#CCCS)c1F. The molecule has 74 valence electrons. The summed E-state index contributed by atoms with van der Waals surface area (Å²) in [6, 6.07) is 4.82. The zero-order valence-electron chi connectivity index (χ0n) is 7.63. The first-order valence-corrected chi connectivity index (χ1v) is 4.91. The third-order valence-corrected chi connectivity index (χ3v) is 1.93. The molecule has 0 fully saturated rings. The highest BCUT2D eigenvalue weighted by atomic mass is 32.1. The highest BCUT2D eigenvalue weighted by Crippen LogP contribution is 2.11. The first-order chi connectivity index (χ1) is 6.79. The van der Waals surface area contributed by atoms with E-state index >= 15 is 0 Å². The Bertz CT molecular complexity index is 365. The smallest absolute Gasteiger partial charge is 0.144 e. The molecule has 3 heteroatoms. The van der Waals surface area contributed by atoms with Crippen molar-refractivity contribution >= 4 is 12.6 Å². The fourth-order valence-corrected chi connectivity index (χ4v) is 1.12. The molecule has 0 saturated heterocycles. The van der Waals surface area contributed by atoms with Crippen LogP contribution in [0, 0.1) is 17.7 Å². The van der Waals surface area contributed by atoms with E-state index in [1.54, 1.807) is 18.2 Å². The molecule has 0 bridgehead atoms. The van der Waals surface area contributed by atoms with Gasteiger partial charge in [0, 0.05) is 17.7 Å². The number of rotatable bonds is 2. The highest BCUT2D eigenvalue weighted by Gasteiger charge is 2.03. The van der Waals surface area contributed by atoms with Gasteiger partial charge in [0.15, 0.2) is 0 Å². The van der Waals surface area contributed by atoms with Gasteiger partial charge in [0.1, 0.15) is 5.82 Å². The van der Waals surface area contributed by atoms with E-state index in [-0.39, 0.29) is 12.2 Å². The minimum atomic E-state index is -0.429. The van der Waals surface area contributed by atoms with Gasteiger partial charge in [0.05, 0.1) is 12.2 Å². The Kier molecular flexibility index (Phi) is 4.51. The molecule has 1 aromatic rings. The maximum Gasteiger partial charge on any atom is 0.144 e. The molecule has 0 spiro atoms. The van der Waals surface area contributed by atoms with Crippen molar-refractivity contribution in [2.24, 2.45) is 0 Å². The van der Waals surface area contributed by atoms with Gasteiger partial charge in [0.25, 0.3) is 0 Å². The summed E-state index contributed by atoms with van der Waals surface area (Å²) in [7, 11) is 0. The van der Waals surface area contributed by atoms with Gasteiger partial charge in [-0.15, -0.1) is 0 Å². The Labute approximate surface area is 88.4 Å². The van der Waals surface area contributed by atoms with Crippen molar-refractivity contribution in [2.75, 3.05) is 5.75 Å². The molecule has 0 amide bonds. The fourth-order valence-electron chi connectivity index (χ4n) is 1.01. The van der Waals surface area contributed by atoms with Crippen molar-refractivity contribution in [2.45, 2.75) is 13.0 Å². The second-order valence-electron chi connectivity index (χ2n) is 2.71. The first-order valence-electron chi connectivity index (χ1n) is 4.27. The van der Waals surface area contributed by atoms with Crippen molar-refractivity contribution in [3.05, 3.63) is 35.1 Å². The van der Waals surface area contributed by atoms with E-state index in [1.807, 2.05) is 0 Å². The highest BCUT2D eigenvalue weighted by molar-refractivity contribution is 7.80. The Hall–Kier alpha value is -0.980. The molecule has 0 aliphatic rings. The average molecular weight is 210 g/mol. The number of halogens is 1. The molecule has 0 heterocycles. The van der Waals surface area contributed by atoms with E-state index in [1.165, 1.54) is 0 Å². The zero-order valence-corrected chi connectivity index (χ0v) is 8.52. The molecule has 1 nitrogen and oxygen atoms in total. The Morgan fingerprint density at radius 1 is 1.43 bits per heavy atom. The van der Waals surface area contributed by atoms with Crippen molar-refractivity contribution in [1.29, 1.82) is 0 Å². The van der Waals surface area contributed by atoms with Crippen LogP contribution in [0.5, 0.6) is 0 Å². The van der Waals surface area contributed by atoms with Gasteiger partial charge in [0.2, 0.25) is 0 Å². The van der Waals surface area contributed by atoms with E-state index < -0.39 is 5.82 Å². The molecule has 0 unspecified atom stereocenters. The molecule has 0 radical (unpaired) electrons. The van der Waals surface area contributed by atoms with Gasteiger partial charge in [-0.25, -0.2) is 4.39 Å². The number of thiol groups is 1. The molecule has 1 N–H and O–H groups in total. The summed E-state index contributed by atoms with van der Waals surface area (Å²) in [5.41, 5.74) is 0.612. The normalized spacial score (nSPS) is 9.36. The third kappa shape index (κ3) is 2.76. The van der Waals surface area contributed by atoms with Crippen LogP contribution in [-0.4, -0.2) is 10.9 Å². The number of hydrogen-bond donors (Lipinski definition) is 2. The summed E-state index contributed by atoms with van der Waals surface area (Å²) >= 11 is 4.00. The maximum atomic E-state index is 13.4. The molecular weight excluding hydrogens is 199 g/mol. The van der Waals surface area contributed by atoms with Crippen LogP contribution in [0.25, 0.3) is 0 Å². The van der Waals surface area contributed by atoms with Crippen molar-refractivity contribution in [1.82, 2.24) is 0 Å². The summed E-state index contributed by atoms with van der Waals surface area (Å²) in [4.78, 5) is 0. The number of hydrogen-bond acceptors (Lipinski definition) is 2. The van der Waals surface area contributed by atoms with Crippen LogP contribution in [0.15, 0.2) is 18.2 Å². The zero-order chi connectivity index (χ0) is 10.4. The number of aliphatic hydroxyl groups is 1. The Morgan fingerprint density at radius 3 is 2.86 bits per heavy atom. The van der Waals surface area contributed by atoms with Crippen LogP contribution < -0.4 is 0 Å². The lowest BCUT2D eigenvalue weighted by atomic mass is 10.1. The Balaban J connectivity index is 2.94. The number of aliphatic hydroxyl groups excluding tert-OH is 1. The molecule has 0 saturated carbocycles. The summed E-state index contributed by atoms with van der Waals surface area (Å²) in [5.74, 6) is 5.73. The van der Waals surface area contributed by atoms with Crippen LogP contribution in [-0.2, 0) is 6.61 Å². The summed E-state index contributed by atoms with van der Waals surface area (Å²) in [5, 5.41) is 8.81. The van der Waals surface area contributed by atoms with Gasteiger partial charge < -0.3 is 5.11 Å². The topological polar surface area (TPSA) is 20.2 Å². The molecule has 0 aromatic heterocycles. The average Bonchev–Trinajstić information content (AvgIpc) is 2.21.